The van der Waals surface area contributed by atoms with Crippen molar-refractivity contribution in [2.45, 2.75) is 32.1 Å². The molecule has 0 bridgehead atoms. The van der Waals surface area contributed by atoms with E-state index in [0.29, 0.717) is 12.3 Å². The molecular weight excluding hydrogens is 222 g/mol. The Bertz CT molecular complexity index is 303. The van der Waals surface area contributed by atoms with Gasteiger partial charge in [-0.15, -0.1) is 11.3 Å². The minimum Gasteiger partial charge on any atom is -0.396 e. The van der Waals surface area contributed by atoms with Crippen LogP contribution in [0, 0.1) is 11.3 Å². The fraction of sp³-hybridized carbons (Fsp3) is 0.750. The lowest BCUT2D eigenvalue weighted by atomic mass is 9.73. The van der Waals surface area contributed by atoms with Crippen molar-refractivity contribution in [3.05, 3.63) is 16.6 Å². The van der Waals surface area contributed by atoms with Crippen molar-refractivity contribution in [3.63, 3.8) is 0 Å². The Hall–Kier alpha value is -0.450. The molecule has 1 heterocycles. The highest BCUT2D eigenvalue weighted by molar-refractivity contribution is 7.09. The number of aromatic nitrogens is 1. The van der Waals surface area contributed by atoms with Crippen LogP contribution >= 0.6 is 11.3 Å². The summed E-state index contributed by atoms with van der Waals surface area (Å²) in [5.41, 5.74) is -0.353. The fourth-order valence-electron chi connectivity index (χ4n) is 2.74. The average Bonchev–Trinajstić information content (AvgIpc) is 2.99. The van der Waals surface area contributed by atoms with E-state index in [-0.39, 0.29) is 18.6 Å². The maximum atomic E-state index is 9.65. The summed E-state index contributed by atoms with van der Waals surface area (Å²) in [6.07, 6.45) is 7.21. The van der Waals surface area contributed by atoms with E-state index in [1.807, 2.05) is 5.38 Å². The molecule has 1 aliphatic rings. The van der Waals surface area contributed by atoms with E-state index in [1.165, 1.54) is 12.8 Å². The Labute approximate surface area is 100 Å². The summed E-state index contributed by atoms with van der Waals surface area (Å²) >= 11 is 1.61. The molecule has 0 aliphatic heterocycles. The number of aliphatic hydroxyl groups is 2. The van der Waals surface area contributed by atoms with E-state index >= 15 is 0 Å². The second-order valence-electron chi connectivity index (χ2n) is 4.76. The van der Waals surface area contributed by atoms with Crippen molar-refractivity contribution in [2.24, 2.45) is 11.3 Å². The highest BCUT2D eigenvalue weighted by Gasteiger charge is 2.39. The van der Waals surface area contributed by atoms with Gasteiger partial charge < -0.3 is 10.2 Å². The molecule has 1 aliphatic carbocycles. The molecule has 16 heavy (non-hydrogen) atoms. The summed E-state index contributed by atoms with van der Waals surface area (Å²) in [5.74, 6) is 0.450. The molecule has 0 saturated heterocycles. The maximum Gasteiger partial charge on any atom is 0.0932 e. The van der Waals surface area contributed by atoms with Gasteiger partial charge >= 0.3 is 0 Å². The predicted molar refractivity (Wildman–Crippen MR) is 64.4 cm³/mol. The van der Waals surface area contributed by atoms with Crippen LogP contribution < -0.4 is 0 Å². The van der Waals surface area contributed by atoms with Crippen LogP contribution in [0.2, 0.25) is 0 Å². The third kappa shape index (κ3) is 2.29. The number of aliphatic hydroxyl groups excluding tert-OH is 2. The number of rotatable bonds is 5. The van der Waals surface area contributed by atoms with E-state index in [1.54, 1.807) is 17.5 Å². The fourth-order valence-corrected chi connectivity index (χ4v) is 3.52. The van der Waals surface area contributed by atoms with Crippen LogP contribution in [0.1, 0.15) is 30.7 Å². The minimum absolute atomic E-state index is 0.0632. The summed E-state index contributed by atoms with van der Waals surface area (Å²) in [4.78, 5) is 4.26. The summed E-state index contributed by atoms with van der Waals surface area (Å²) in [7, 11) is 0. The average molecular weight is 241 g/mol. The third-order valence-electron chi connectivity index (χ3n) is 3.84. The van der Waals surface area contributed by atoms with Crippen LogP contribution in [-0.4, -0.2) is 28.4 Å². The van der Waals surface area contributed by atoms with Crippen LogP contribution in [0.3, 0.4) is 0 Å². The molecular formula is C12H19NO2S. The van der Waals surface area contributed by atoms with E-state index in [0.717, 1.165) is 17.8 Å². The second-order valence-corrected chi connectivity index (χ2v) is 5.74. The lowest BCUT2D eigenvalue weighted by Gasteiger charge is -2.35. The topological polar surface area (TPSA) is 53.4 Å². The van der Waals surface area contributed by atoms with Crippen molar-refractivity contribution < 1.29 is 10.2 Å². The third-order valence-corrected chi connectivity index (χ3v) is 4.62. The zero-order valence-corrected chi connectivity index (χ0v) is 10.2. The SMILES string of the molecule is OCC(CO)(Cc1nccs1)C1CCCC1. The van der Waals surface area contributed by atoms with Gasteiger partial charge in [0.25, 0.3) is 0 Å². The van der Waals surface area contributed by atoms with Crippen LogP contribution in [-0.2, 0) is 6.42 Å². The second kappa shape index (κ2) is 5.25. The summed E-state index contributed by atoms with van der Waals surface area (Å²) in [6, 6.07) is 0. The predicted octanol–water partition coefficient (Wildman–Crippen LogP) is 1.85. The van der Waals surface area contributed by atoms with Crippen LogP contribution in [0.4, 0.5) is 0 Å². The largest absolute Gasteiger partial charge is 0.396 e. The van der Waals surface area contributed by atoms with Gasteiger partial charge in [0.15, 0.2) is 0 Å². The molecule has 3 nitrogen and oxygen atoms in total. The van der Waals surface area contributed by atoms with Gasteiger partial charge in [0.05, 0.1) is 18.2 Å². The van der Waals surface area contributed by atoms with Gasteiger partial charge in [0.1, 0.15) is 0 Å². The molecule has 0 spiro atoms. The molecule has 1 aromatic heterocycles. The molecule has 0 unspecified atom stereocenters. The number of hydrogen-bond acceptors (Lipinski definition) is 4. The van der Waals surface area contributed by atoms with Crippen molar-refractivity contribution in [3.8, 4) is 0 Å². The van der Waals surface area contributed by atoms with Gasteiger partial charge in [-0.25, -0.2) is 4.98 Å². The first-order valence-corrected chi connectivity index (χ1v) is 6.79. The standard InChI is InChI=1S/C12H19NO2S/c14-8-12(9-15,10-3-1-2-4-10)7-11-13-5-6-16-11/h5-6,10,14-15H,1-4,7-9H2. The summed E-state index contributed by atoms with van der Waals surface area (Å²) < 4.78 is 0. The molecule has 0 amide bonds. The molecule has 2 N–H and O–H groups in total. The van der Waals surface area contributed by atoms with Crippen molar-refractivity contribution in [1.29, 1.82) is 0 Å². The zero-order valence-electron chi connectivity index (χ0n) is 9.43. The molecule has 1 saturated carbocycles. The van der Waals surface area contributed by atoms with Gasteiger partial charge in [-0.2, -0.15) is 0 Å². The first-order valence-electron chi connectivity index (χ1n) is 5.91. The lowest BCUT2D eigenvalue weighted by Crippen LogP contribution is -2.39. The van der Waals surface area contributed by atoms with E-state index in [4.69, 9.17) is 0 Å². The zero-order chi connectivity index (χ0) is 11.4. The molecule has 1 aromatic rings. The van der Waals surface area contributed by atoms with Gasteiger partial charge in [0, 0.05) is 23.4 Å². The Morgan fingerprint density at radius 2 is 2.00 bits per heavy atom. The molecule has 90 valence electrons. The lowest BCUT2D eigenvalue weighted by molar-refractivity contribution is 0.00567. The minimum atomic E-state index is -0.353. The Kier molecular flexibility index (Phi) is 3.95. The van der Waals surface area contributed by atoms with Crippen molar-refractivity contribution in [2.75, 3.05) is 13.2 Å². The van der Waals surface area contributed by atoms with Gasteiger partial charge in [-0.05, 0) is 18.8 Å². The molecule has 0 radical (unpaired) electrons. The van der Waals surface area contributed by atoms with E-state index in [2.05, 4.69) is 4.98 Å². The number of nitrogens with zero attached hydrogens (tertiary/aromatic N) is 1. The summed E-state index contributed by atoms with van der Waals surface area (Å²) in [6.45, 7) is 0.126. The van der Waals surface area contributed by atoms with Crippen LogP contribution in [0.15, 0.2) is 11.6 Å². The van der Waals surface area contributed by atoms with E-state index in [9.17, 15) is 10.2 Å². The first kappa shape index (κ1) is 12.0. The van der Waals surface area contributed by atoms with Crippen molar-refractivity contribution in [1.82, 2.24) is 4.98 Å². The van der Waals surface area contributed by atoms with Crippen LogP contribution in [0.25, 0.3) is 0 Å². The normalized spacial score (nSPS) is 18.1. The Morgan fingerprint density at radius 1 is 1.31 bits per heavy atom. The maximum absolute atomic E-state index is 9.65. The van der Waals surface area contributed by atoms with Crippen LogP contribution in [0.5, 0.6) is 0 Å². The van der Waals surface area contributed by atoms with Gasteiger partial charge in [-0.3, -0.25) is 0 Å². The molecule has 2 rings (SSSR count). The monoisotopic (exact) mass is 241 g/mol. The van der Waals surface area contributed by atoms with Crippen molar-refractivity contribution >= 4 is 11.3 Å². The molecule has 0 aromatic carbocycles. The highest BCUT2D eigenvalue weighted by Crippen LogP contribution is 2.42. The van der Waals surface area contributed by atoms with E-state index < -0.39 is 0 Å². The Balaban J connectivity index is 2.13. The molecule has 0 atom stereocenters. The molecule has 1 fully saturated rings. The highest BCUT2D eigenvalue weighted by atomic mass is 32.1. The quantitative estimate of drug-likeness (QED) is 0.827. The van der Waals surface area contributed by atoms with Gasteiger partial charge in [0.2, 0.25) is 0 Å². The summed E-state index contributed by atoms with van der Waals surface area (Å²) in [5, 5.41) is 22.3. The first-order chi connectivity index (χ1) is 7.80. The van der Waals surface area contributed by atoms with Gasteiger partial charge in [-0.1, -0.05) is 12.8 Å². The number of thiazole rings is 1. The molecule has 4 heteroatoms. The Morgan fingerprint density at radius 3 is 2.50 bits per heavy atom. The smallest absolute Gasteiger partial charge is 0.0932 e. The number of hydrogen-bond donors (Lipinski definition) is 2.